The molecule has 2 saturated heterocycles. The zero-order valence-electron chi connectivity index (χ0n) is 21.1. The summed E-state index contributed by atoms with van der Waals surface area (Å²) in [5.74, 6) is -0.475. The van der Waals surface area contributed by atoms with Crippen molar-refractivity contribution in [3.63, 3.8) is 0 Å². The van der Waals surface area contributed by atoms with Gasteiger partial charge in [0.1, 0.15) is 0 Å². The Hall–Kier alpha value is -1.72. The van der Waals surface area contributed by atoms with Gasteiger partial charge in [-0.2, -0.15) is 0 Å². The van der Waals surface area contributed by atoms with E-state index < -0.39 is 5.79 Å². The number of rotatable bonds is 11. The average Bonchev–Trinajstić information content (AvgIpc) is 2.91. The Labute approximate surface area is 206 Å². The van der Waals surface area contributed by atoms with E-state index in [0.29, 0.717) is 0 Å². The van der Waals surface area contributed by atoms with Crippen molar-refractivity contribution in [3.8, 4) is 0 Å². The molecule has 0 bridgehead atoms. The summed E-state index contributed by atoms with van der Waals surface area (Å²) in [5, 5.41) is 11.6. The van der Waals surface area contributed by atoms with E-state index in [1.807, 2.05) is 0 Å². The van der Waals surface area contributed by atoms with Gasteiger partial charge < -0.3 is 19.6 Å². The summed E-state index contributed by atoms with van der Waals surface area (Å²) in [7, 11) is 1.72. The maximum absolute atomic E-state index is 11.6. The Kier molecular flexibility index (Phi) is 9.58. The van der Waals surface area contributed by atoms with E-state index in [2.05, 4.69) is 70.5 Å². The van der Waals surface area contributed by atoms with E-state index in [9.17, 15) is 5.11 Å². The van der Waals surface area contributed by atoms with E-state index in [0.717, 1.165) is 64.8 Å². The maximum atomic E-state index is 11.6. The van der Waals surface area contributed by atoms with Crippen molar-refractivity contribution < 1.29 is 9.84 Å². The Morgan fingerprint density at radius 3 is 1.68 bits per heavy atom. The molecule has 2 aliphatic rings. The molecule has 4 nitrogen and oxygen atoms in total. The number of piperidine rings is 2. The van der Waals surface area contributed by atoms with Crippen LogP contribution in [0, 0.1) is 11.8 Å². The summed E-state index contributed by atoms with van der Waals surface area (Å²) in [4.78, 5) is 5.14. The summed E-state index contributed by atoms with van der Waals surface area (Å²) in [6.45, 7) is 6.55. The van der Waals surface area contributed by atoms with Gasteiger partial charge in [-0.25, -0.2) is 0 Å². The first-order valence-electron chi connectivity index (χ1n) is 13.5. The van der Waals surface area contributed by atoms with Crippen molar-refractivity contribution in [2.75, 3.05) is 46.4 Å². The molecule has 4 heteroatoms. The Morgan fingerprint density at radius 1 is 0.706 bits per heavy atom. The smallest absolute Gasteiger partial charge is 0.170 e. The van der Waals surface area contributed by atoms with Gasteiger partial charge in [0, 0.05) is 25.5 Å². The highest BCUT2D eigenvalue weighted by atomic mass is 16.6. The second-order valence-electron chi connectivity index (χ2n) is 10.4. The summed E-state index contributed by atoms with van der Waals surface area (Å²) < 4.78 is 5.88. The van der Waals surface area contributed by atoms with Gasteiger partial charge in [-0.05, 0) is 95.2 Å². The number of hydrogen-bond donors (Lipinski definition) is 1. The molecule has 1 atom stereocenters. The topological polar surface area (TPSA) is 35.9 Å². The number of aliphatic hydroxyl groups is 1. The second-order valence-corrected chi connectivity index (χ2v) is 10.4. The fourth-order valence-corrected chi connectivity index (χ4v) is 6.05. The van der Waals surface area contributed by atoms with Gasteiger partial charge in [0.25, 0.3) is 0 Å². The van der Waals surface area contributed by atoms with Gasteiger partial charge >= 0.3 is 0 Å². The number of benzene rings is 2. The predicted molar refractivity (Wildman–Crippen MR) is 140 cm³/mol. The van der Waals surface area contributed by atoms with Crippen LogP contribution >= 0.6 is 0 Å². The molecule has 186 valence electrons. The van der Waals surface area contributed by atoms with E-state index in [4.69, 9.17) is 4.74 Å². The minimum atomic E-state index is -0.967. The molecular formula is C30H44N2O2. The van der Waals surface area contributed by atoms with Gasteiger partial charge in [0.15, 0.2) is 5.79 Å². The third-order valence-electron chi connectivity index (χ3n) is 8.26. The fourth-order valence-electron chi connectivity index (χ4n) is 6.05. The number of methoxy groups -OCH3 is 1. The first-order chi connectivity index (χ1) is 16.7. The van der Waals surface area contributed by atoms with Crippen LogP contribution < -0.4 is 0 Å². The number of nitrogens with zero attached hydrogens (tertiary/aromatic N) is 2. The van der Waals surface area contributed by atoms with Crippen molar-refractivity contribution in [2.45, 2.75) is 57.2 Å². The zero-order chi connectivity index (χ0) is 23.6. The zero-order valence-corrected chi connectivity index (χ0v) is 21.1. The summed E-state index contributed by atoms with van der Waals surface area (Å²) >= 11 is 0. The van der Waals surface area contributed by atoms with Crippen molar-refractivity contribution in [3.05, 3.63) is 71.8 Å². The molecule has 4 rings (SSSR count). The summed E-state index contributed by atoms with van der Waals surface area (Å²) in [6.07, 6.45) is 8.89. The largest absolute Gasteiger partial charge is 0.365 e. The van der Waals surface area contributed by atoms with Crippen molar-refractivity contribution in [2.24, 2.45) is 11.8 Å². The van der Waals surface area contributed by atoms with Gasteiger partial charge in [0.2, 0.25) is 0 Å². The lowest BCUT2D eigenvalue weighted by atomic mass is 9.76. The number of ether oxygens (including phenoxy) is 1. The first-order valence-corrected chi connectivity index (χ1v) is 13.5. The molecule has 0 amide bonds. The van der Waals surface area contributed by atoms with Gasteiger partial charge in [-0.15, -0.1) is 0 Å². The van der Waals surface area contributed by atoms with E-state index in [1.165, 1.54) is 36.9 Å². The average molecular weight is 465 g/mol. The Bertz CT molecular complexity index is 814. The third kappa shape index (κ3) is 6.91. The van der Waals surface area contributed by atoms with Crippen LogP contribution in [0.4, 0.5) is 0 Å². The lowest BCUT2D eigenvalue weighted by molar-refractivity contribution is -0.267. The summed E-state index contributed by atoms with van der Waals surface area (Å²) in [6, 6.07) is 21.6. The fraction of sp³-hybridized carbons (Fsp3) is 0.600. The molecule has 34 heavy (non-hydrogen) atoms. The molecular weight excluding hydrogens is 420 g/mol. The highest BCUT2D eigenvalue weighted by Crippen LogP contribution is 2.39. The highest BCUT2D eigenvalue weighted by Gasteiger charge is 2.46. The quantitative estimate of drug-likeness (QED) is 0.375. The molecule has 0 spiro atoms. The lowest BCUT2D eigenvalue weighted by Crippen LogP contribution is -2.54. The number of hydrogen-bond acceptors (Lipinski definition) is 4. The molecule has 2 aromatic rings. The van der Waals surface area contributed by atoms with E-state index in [-0.39, 0.29) is 11.8 Å². The predicted octanol–water partition coefficient (Wildman–Crippen LogP) is 5.01. The van der Waals surface area contributed by atoms with Crippen molar-refractivity contribution in [1.29, 1.82) is 0 Å². The minimum absolute atomic E-state index is 0.243. The van der Waals surface area contributed by atoms with Crippen molar-refractivity contribution in [1.82, 2.24) is 9.80 Å². The highest BCUT2D eigenvalue weighted by molar-refractivity contribution is 5.15. The van der Waals surface area contributed by atoms with Crippen LogP contribution in [0.1, 0.15) is 49.7 Å². The van der Waals surface area contributed by atoms with Crippen LogP contribution in [-0.4, -0.2) is 67.1 Å². The molecule has 0 saturated carbocycles. The SMILES string of the molecule is COC(O)(C1CCN(CCCCc2ccccc2)CC1)C1CCN(CCc2ccccc2)CC1. The molecule has 0 aromatic heterocycles. The molecule has 2 fully saturated rings. The number of likely N-dealkylation sites (tertiary alicyclic amines) is 2. The first kappa shape index (κ1) is 25.4. The van der Waals surface area contributed by atoms with Crippen LogP contribution in [0.3, 0.4) is 0 Å². The van der Waals surface area contributed by atoms with Gasteiger partial charge in [-0.1, -0.05) is 60.7 Å². The molecule has 1 N–H and O–H groups in total. The molecule has 0 aliphatic carbocycles. The van der Waals surface area contributed by atoms with Crippen LogP contribution in [0.25, 0.3) is 0 Å². The van der Waals surface area contributed by atoms with Crippen LogP contribution in [0.2, 0.25) is 0 Å². The second kappa shape index (κ2) is 12.8. The van der Waals surface area contributed by atoms with E-state index in [1.54, 1.807) is 7.11 Å². The van der Waals surface area contributed by atoms with Gasteiger partial charge in [0.05, 0.1) is 0 Å². The van der Waals surface area contributed by atoms with Crippen molar-refractivity contribution >= 4 is 0 Å². The lowest BCUT2D eigenvalue weighted by Gasteiger charge is -2.47. The standard InChI is InChI=1S/C30H44N2O2/c1-34-30(33,29-18-24-32(25-19-29)21-15-27-12-6-3-7-13-27)28-16-22-31(23-17-28)20-9-8-14-26-10-4-2-5-11-26/h2-7,10-13,28-29,33H,8-9,14-25H2,1H3. The third-order valence-corrected chi connectivity index (χ3v) is 8.26. The monoisotopic (exact) mass is 464 g/mol. The Balaban J connectivity index is 1.16. The van der Waals surface area contributed by atoms with Crippen LogP contribution in [0.15, 0.2) is 60.7 Å². The number of unbranched alkanes of at least 4 members (excludes halogenated alkanes) is 1. The number of aryl methyl sites for hydroxylation is 1. The molecule has 2 heterocycles. The Morgan fingerprint density at radius 2 is 1.18 bits per heavy atom. The summed E-state index contributed by atoms with van der Waals surface area (Å²) in [5.41, 5.74) is 2.85. The molecule has 1 unspecified atom stereocenters. The van der Waals surface area contributed by atoms with Crippen LogP contribution in [0.5, 0.6) is 0 Å². The van der Waals surface area contributed by atoms with Gasteiger partial charge in [-0.3, -0.25) is 0 Å². The molecule has 2 aliphatic heterocycles. The molecule has 2 aromatic carbocycles. The minimum Gasteiger partial charge on any atom is -0.365 e. The molecule has 0 radical (unpaired) electrons. The normalized spacial score (nSPS) is 20.9. The maximum Gasteiger partial charge on any atom is 0.170 e. The van der Waals surface area contributed by atoms with E-state index >= 15 is 0 Å². The van der Waals surface area contributed by atoms with Crippen LogP contribution in [-0.2, 0) is 17.6 Å².